The van der Waals surface area contributed by atoms with Crippen LogP contribution in [0.2, 0.25) is 0 Å². The third-order valence-electron chi connectivity index (χ3n) is 3.74. The number of unbranched alkanes of at least 4 members (excludes halogenated alkanes) is 8. The van der Waals surface area contributed by atoms with Gasteiger partial charge in [-0.2, -0.15) is 0 Å². The summed E-state index contributed by atoms with van der Waals surface area (Å²) in [5.74, 6) is 0.469. The van der Waals surface area contributed by atoms with Gasteiger partial charge in [0.2, 0.25) is 0 Å². The van der Waals surface area contributed by atoms with Crippen molar-refractivity contribution < 1.29 is 10.2 Å². The lowest BCUT2D eigenvalue weighted by atomic mass is 9.95. The fraction of sp³-hybridized carbons (Fsp3) is 1.00. The Morgan fingerprint density at radius 3 is 1.67 bits per heavy atom. The van der Waals surface area contributed by atoms with Crippen molar-refractivity contribution in [1.29, 1.82) is 0 Å². The molecule has 0 heterocycles. The predicted molar refractivity (Wildman–Crippen MR) is 78.7 cm³/mol. The van der Waals surface area contributed by atoms with Crippen LogP contribution in [0.5, 0.6) is 0 Å². The average Bonchev–Trinajstić information content (AvgIpc) is 2.40. The number of rotatable bonds is 14. The number of hydrogen-bond acceptors (Lipinski definition) is 2. The molecule has 0 aliphatic carbocycles. The molecule has 2 heteroatoms. The highest BCUT2D eigenvalue weighted by Gasteiger charge is 2.06. The molecule has 0 aliphatic rings. The molecule has 18 heavy (non-hydrogen) atoms. The number of aliphatic hydroxyl groups is 2. The highest BCUT2D eigenvalue weighted by molar-refractivity contribution is 4.59. The standard InChI is InChI=1S/C16H34O2/c1-2-3-4-5-6-7-8-9-12-16(15-18)13-10-11-14-17/h16-18H,2-15H2,1H3. The Bertz CT molecular complexity index is 148. The van der Waals surface area contributed by atoms with Gasteiger partial charge in [0.1, 0.15) is 0 Å². The van der Waals surface area contributed by atoms with Gasteiger partial charge in [-0.05, 0) is 25.2 Å². The summed E-state index contributed by atoms with van der Waals surface area (Å²) in [4.78, 5) is 0. The zero-order valence-corrected chi connectivity index (χ0v) is 12.4. The van der Waals surface area contributed by atoms with Gasteiger partial charge in [-0.15, -0.1) is 0 Å². The van der Waals surface area contributed by atoms with Crippen molar-refractivity contribution in [2.45, 2.75) is 84.0 Å². The zero-order valence-electron chi connectivity index (χ0n) is 12.4. The van der Waals surface area contributed by atoms with Crippen molar-refractivity contribution in [3.05, 3.63) is 0 Å². The lowest BCUT2D eigenvalue weighted by Crippen LogP contribution is -2.06. The maximum absolute atomic E-state index is 9.26. The van der Waals surface area contributed by atoms with Gasteiger partial charge >= 0.3 is 0 Å². The van der Waals surface area contributed by atoms with Gasteiger partial charge in [-0.25, -0.2) is 0 Å². The topological polar surface area (TPSA) is 40.5 Å². The predicted octanol–water partition coefficient (Wildman–Crippen LogP) is 4.29. The molecule has 0 aromatic heterocycles. The Morgan fingerprint density at radius 1 is 0.667 bits per heavy atom. The second-order valence-corrected chi connectivity index (χ2v) is 5.53. The Labute approximate surface area is 114 Å². The maximum atomic E-state index is 9.26. The van der Waals surface area contributed by atoms with Crippen molar-refractivity contribution in [3.8, 4) is 0 Å². The highest BCUT2D eigenvalue weighted by Crippen LogP contribution is 2.17. The molecule has 0 bridgehead atoms. The summed E-state index contributed by atoms with van der Waals surface area (Å²) in [6, 6.07) is 0. The molecular weight excluding hydrogens is 224 g/mol. The van der Waals surface area contributed by atoms with Crippen molar-refractivity contribution in [3.63, 3.8) is 0 Å². The summed E-state index contributed by atoms with van der Waals surface area (Å²) in [5.41, 5.74) is 0. The van der Waals surface area contributed by atoms with E-state index in [2.05, 4.69) is 6.92 Å². The van der Waals surface area contributed by atoms with E-state index in [9.17, 15) is 5.11 Å². The first-order valence-corrected chi connectivity index (χ1v) is 8.06. The molecule has 0 fully saturated rings. The monoisotopic (exact) mass is 258 g/mol. The Kier molecular flexibility index (Phi) is 14.9. The third-order valence-corrected chi connectivity index (χ3v) is 3.74. The first-order chi connectivity index (χ1) is 8.85. The van der Waals surface area contributed by atoms with E-state index in [4.69, 9.17) is 5.11 Å². The van der Waals surface area contributed by atoms with Crippen molar-refractivity contribution >= 4 is 0 Å². The minimum atomic E-state index is 0.288. The van der Waals surface area contributed by atoms with E-state index >= 15 is 0 Å². The fourth-order valence-corrected chi connectivity index (χ4v) is 2.44. The largest absolute Gasteiger partial charge is 0.396 e. The first-order valence-electron chi connectivity index (χ1n) is 8.06. The van der Waals surface area contributed by atoms with Crippen LogP contribution in [0.15, 0.2) is 0 Å². The van der Waals surface area contributed by atoms with E-state index in [1.807, 2.05) is 0 Å². The van der Waals surface area contributed by atoms with E-state index in [1.165, 1.54) is 51.4 Å². The van der Waals surface area contributed by atoms with Crippen LogP contribution >= 0.6 is 0 Å². The van der Waals surface area contributed by atoms with E-state index in [-0.39, 0.29) is 6.61 Å². The normalized spacial score (nSPS) is 12.8. The minimum absolute atomic E-state index is 0.288. The summed E-state index contributed by atoms with van der Waals surface area (Å²) in [7, 11) is 0. The zero-order chi connectivity index (χ0) is 13.5. The summed E-state index contributed by atoms with van der Waals surface area (Å²) in [6.45, 7) is 2.86. The van der Waals surface area contributed by atoms with Gasteiger partial charge < -0.3 is 10.2 Å². The van der Waals surface area contributed by atoms with Gasteiger partial charge in [-0.1, -0.05) is 64.7 Å². The Morgan fingerprint density at radius 2 is 1.17 bits per heavy atom. The van der Waals surface area contributed by atoms with Crippen LogP contribution in [-0.2, 0) is 0 Å². The van der Waals surface area contributed by atoms with Gasteiger partial charge in [-0.3, -0.25) is 0 Å². The lowest BCUT2D eigenvalue weighted by Gasteiger charge is -2.13. The van der Waals surface area contributed by atoms with Crippen LogP contribution in [0, 0.1) is 5.92 Å². The maximum Gasteiger partial charge on any atom is 0.0459 e. The molecule has 0 radical (unpaired) electrons. The Hall–Kier alpha value is -0.0800. The lowest BCUT2D eigenvalue weighted by molar-refractivity contribution is 0.199. The van der Waals surface area contributed by atoms with Crippen LogP contribution in [-0.4, -0.2) is 23.4 Å². The van der Waals surface area contributed by atoms with E-state index < -0.39 is 0 Å². The highest BCUT2D eigenvalue weighted by atomic mass is 16.3. The molecule has 0 saturated heterocycles. The molecule has 2 N–H and O–H groups in total. The summed E-state index contributed by atoms with van der Waals surface area (Å²) < 4.78 is 0. The third kappa shape index (κ3) is 12.4. The number of hydrogen-bond donors (Lipinski definition) is 2. The minimum Gasteiger partial charge on any atom is -0.396 e. The van der Waals surface area contributed by atoms with Crippen molar-refractivity contribution in [2.24, 2.45) is 5.92 Å². The molecule has 1 unspecified atom stereocenters. The van der Waals surface area contributed by atoms with Crippen LogP contribution in [0.25, 0.3) is 0 Å². The van der Waals surface area contributed by atoms with E-state index in [0.717, 1.165) is 25.7 Å². The summed E-state index contributed by atoms with van der Waals surface area (Å²) >= 11 is 0. The van der Waals surface area contributed by atoms with Crippen LogP contribution in [0.3, 0.4) is 0 Å². The summed E-state index contributed by atoms with van der Waals surface area (Å²) in [6.07, 6.45) is 15.0. The fourth-order valence-electron chi connectivity index (χ4n) is 2.44. The molecule has 110 valence electrons. The molecule has 0 rings (SSSR count). The Balaban J connectivity index is 3.23. The smallest absolute Gasteiger partial charge is 0.0459 e. The van der Waals surface area contributed by atoms with Gasteiger partial charge in [0.15, 0.2) is 0 Å². The average molecular weight is 258 g/mol. The molecule has 0 aromatic carbocycles. The van der Waals surface area contributed by atoms with Gasteiger partial charge in [0.05, 0.1) is 0 Å². The van der Waals surface area contributed by atoms with Gasteiger partial charge in [0, 0.05) is 13.2 Å². The molecule has 1 atom stereocenters. The van der Waals surface area contributed by atoms with Crippen molar-refractivity contribution in [1.82, 2.24) is 0 Å². The second kappa shape index (κ2) is 15.0. The molecule has 0 saturated carbocycles. The first kappa shape index (κ1) is 17.9. The molecular formula is C16H34O2. The van der Waals surface area contributed by atoms with Crippen LogP contribution in [0.4, 0.5) is 0 Å². The summed E-state index contributed by atoms with van der Waals surface area (Å²) in [5, 5.41) is 18.0. The molecule has 0 amide bonds. The molecule has 0 spiro atoms. The molecule has 0 aliphatic heterocycles. The van der Waals surface area contributed by atoms with Crippen molar-refractivity contribution in [2.75, 3.05) is 13.2 Å². The molecule has 0 aromatic rings. The number of aliphatic hydroxyl groups excluding tert-OH is 2. The van der Waals surface area contributed by atoms with E-state index in [1.54, 1.807) is 0 Å². The SMILES string of the molecule is CCCCCCCCCCC(CO)CCCCO. The van der Waals surface area contributed by atoms with Crippen LogP contribution < -0.4 is 0 Å². The van der Waals surface area contributed by atoms with Gasteiger partial charge in [0.25, 0.3) is 0 Å². The van der Waals surface area contributed by atoms with Crippen LogP contribution in [0.1, 0.15) is 84.0 Å². The second-order valence-electron chi connectivity index (χ2n) is 5.53. The molecule has 2 nitrogen and oxygen atoms in total. The quantitative estimate of drug-likeness (QED) is 0.456. The van der Waals surface area contributed by atoms with E-state index in [0.29, 0.717) is 12.5 Å².